The van der Waals surface area contributed by atoms with E-state index < -0.39 is 0 Å². The smallest absolute Gasteiger partial charge is 0.399 e. The van der Waals surface area contributed by atoms with Gasteiger partial charge in [0.15, 0.2) is 0 Å². The fraction of sp³-hybridized carbons (Fsp3) is 0.600. The highest BCUT2D eigenvalue weighted by molar-refractivity contribution is 6.62. The van der Waals surface area contributed by atoms with E-state index in [1.807, 2.05) is 0 Å². The molecule has 0 unspecified atom stereocenters. The van der Waals surface area contributed by atoms with Gasteiger partial charge in [-0.3, -0.25) is 0 Å². The minimum Gasteiger partial charge on any atom is -0.399 e. The van der Waals surface area contributed by atoms with Crippen molar-refractivity contribution in [1.82, 2.24) is 0 Å². The third-order valence-corrected chi connectivity index (χ3v) is 3.89. The summed E-state index contributed by atoms with van der Waals surface area (Å²) in [6.07, 6.45) is 0. The molecule has 2 rings (SSSR count). The summed E-state index contributed by atoms with van der Waals surface area (Å²) in [6.45, 7) is 12.5. The highest BCUT2D eigenvalue weighted by atomic mass is 16.7. The molecule has 0 aliphatic carbocycles. The van der Waals surface area contributed by atoms with Crippen LogP contribution < -0.4 is 10.8 Å². The third kappa shape index (κ3) is 2.95. The topological polar surface area (TPSA) is 30.5 Å². The normalized spacial score (nSPS) is 20.9. The summed E-state index contributed by atoms with van der Waals surface area (Å²) in [5, 5.41) is 3.37. The Labute approximate surface area is 116 Å². The van der Waals surface area contributed by atoms with Gasteiger partial charge in [-0.1, -0.05) is 12.1 Å². The Hall–Kier alpha value is -0.995. The lowest BCUT2D eigenvalue weighted by Crippen LogP contribution is -2.41. The molecule has 1 aliphatic rings. The van der Waals surface area contributed by atoms with Crippen molar-refractivity contribution in [2.45, 2.75) is 58.8 Å². The van der Waals surface area contributed by atoms with Crippen molar-refractivity contribution in [2.24, 2.45) is 0 Å². The molecule has 0 aromatic heterocycles. The second kappa shape index (κ2) is 4.84. The first-order valence-corrected chi connectivity index (χ1v) is 6.93. The summed E-state index contributed by atoms with van der Waals surface area (Å²) >= 11 is 0. The molecule has 1 N–H and O–H groups in total. The van der Waals surface area contributed by atoms with Crippen molar-refractivity contribution in [2.75, 3.05) is 5.32 Å². The van der Waals surface area contributed by atoms with E-state index >= 15 is 0 Å². The van der Waals surface area contributed by atoms with Gasteiger partial charge in [0.05, 0.1) is 11.2 Å². The van der Waals surface area contributed by atoms with Gasteiger partial charge in [-0.25, -0.2) is 0 Å². The summed E-state index contributed by atoms with van der Waals surface area (Å²) in [5.41, 5.74) is 1.61. The molecule has 0 atom stereocenters. The van der Waals surface area contributed by atoms with E-state index in [0.29, 0.717) is 6.04 Å². The van der Waals surface area contributed by atoms with E-state index in [4.69, 9.17) is 9.31 Å². The molecule has 19 heavy (non-hydrogen) atoms. The highest BCUT2D eigenvalue weighted by Gasteiger charge is 2.51. The van der Waals surface area contributed by atoms with Gasteiger partial charge in [0.25, 0.3) is 0 Å². The minimum atomic E-state index is -0.285. The van der Waals surface area contributed by atoms with Gasteiger partial charge < -0.3 is 14.6 Å². The molecule has 1 fully saturated rings. The molecule has 4 heteroatoms. The molecular formula is C15H24BNO2. The standard InChI is InChI=1S/C15H24BNO2/c1-11(2)17-13-9-7-12(8-10-13)16-18-14(3,4)15(5,6)19-16/h7-11,17H,1-6H3. The summed E-state index contributed by atoms with van der Waals surface area (Å²) < 4.78 is 12.1. The molecule has 0 bridgehead atoms. The first-order chi connectivity index (χ1) is 8.71. The second-order valence-corrected chi connectivity index (χ2v) is 6.51. The van der Waals surface area contributed by atoms with Crippen LogP contribution in [0.4, 0.5) is 5.69 Å². The van der Waals surface area contributed by atoms with Crippen LogP contribution >= 0.6 is 0 Å². The van der Waals surface area contributed by atoms with Gasteiger partial charge in [0, 0.05) is 11.7 Å². The monoisotopic (exact) mass is 261 g/mol. The highest BCUT2D eigenvalue weighted by Crippen LogP contribution is 2.36. The van der Waals surface area contributed by atoms with Gasteiger partial charge in [-0.2, -0.15) is 0 Å². The maximum atomic E-state index is 6.03. The molecule has 3 nitrogen and oxygen atoms in total. The lowest BCUT2D eigenvalue weighted by molar-refractivity contribution is 0.00578. The average Bonchev–Trinajstić information content (AvgIpc) is 2.48. The fourth-order valence-corrected chi connectivity index (χ4v) is 2.05. The maximum Gasteiger partial charge on any atom is 0.494 e. The van der Waals surface area contributed by atoms with Crippen LogP contribution in [0.1, 0.15) is 41.5 Å². The van der Waals surface area contributed by atoms with E-state index in [-0.39, 0.29) is 18.3 Å². The Kier molecular flexibility index (Phi) is 3.67. The summed E-state index contributed by atoms with van der Waals surface area (Å²) in [5.74, 6) is 0. The van der Waals surface area contributed by atoms with Crippen molar-refractivity contribution in [3.8, 4) is 0 Å². The van der Waals surface area contributed by atoms with Crippen molar-refractivity contribution in [3.63, 3.8) is 0 Å². The quantitative estimate of drug-likeness (QED) is 0.849. The molecule has 1 aromatic carbocycles. The Morgan fingerprint density at radius 2 is 1.42 bits per heavy atom. The predicted octanol–water partition coefficient (Wildman–Crippen LogP) is 2.81. The van der Waals surface area contributed by atoms with Crippen LogP contribution in [0.2, 0.25) is 0 Å². The molecule has 0 saturated carbocycles. The Morgan fingerprint density at radius 1 is 0.947 bits per heavy atom. The maximum absolute atomic E-state index is 6.03. The molecule has 0 spiro atoms. The van der Waals surface area contributed by atoms with E-state index in [2.05, 4.69) is 71.1 Å². The SMILES string of the molecule is CC(C)Nc1ccc(B2OC(C)(C)C(C)(C)O2)cc1. The zero-order valence-corrected chi connectivity index (χ0v) is 12.8. The number of benzene rings is 1. The number of hydrogen-bond donors (Lipinski definition) is 1. The van der Waals surface area contributed by atoms with Gasteiger partial charge in [0.1, 0.15) is 0 Å². The fourth-order valence-electron chi connectivity index (χ4n) is 2.05. The summed E-state index contributed by atoms with van der Waals surface area (Å²) in [4.78, 5) is 0. The molecule has 104 valence electrons. The van der Waals surface area contributed by atoms with E-state index in [1.54, 1.807) is 0 Å². The third-order valence-electron chi connectivity index (χ3n) is 3.89. The van der Waals surface area contributed by atoms with Crippen LogP contribution in [0.25, 0.3) is 0 Å². The predicted molar refractivity (Wildman–Crippen MR) is 80.9 cm³/mol. The van der Waals surface area contributed by atoms with Crippen LogP contribution in [-0.4, -0.2) is 24.4 Å². The van der Waals surface area contributed by atoms with Crippen molar-refractivity contribution in [3.05, 3.63) is 24.3 Å². The zero-order chi connectivity index (χ0) is 14.3. The van der Waals surface area contributed by atoms with Crippen LogP contribution in [0, 0.1) is 0 Å². The molecule has 1 heterocycles. The van der Waals surface area contributed by atoms with Gasteiger partial charge in [0.2, 0.25) is 0 Å². The molecule has 1 aromatic rings. The molecule has 1 aliphatic heterocycles. The van der Waals surface area contributed by atoms with E-state index in [1.165, 1.54) is 0 Å². The van der Waals surface area contributed by atoms with E-state index in [0.717, 1.165) is 11.2 Å². The molecule has 0 amide bonds. The van der Waals surface area contributed by atoms with Crippen molar-refractivity contribution >= 4 is 18.3 Å². The number of nitrogens with one attached hydrogen (secondary N) is 1. The van der Waals surface area contributed by atoms with Crippen LogP contribution in [0.15, 0.2) is 24.3 Å². The average molecular weight is 261 g/mol. The number of hydrogen-bond acceptors (Lipinski definition) is 3. The van der Waals surface area contributed by atoms with Gasteiger partial charge in [-0.05, 0) is 59.1 Å². The Balaban J connectivity index is 2.12. The summed E-state index contributed by atoms with van der Waals surface area (Å²) in [6, 6.07) is 8.70. The van der Waals surface area contributed by atoms with Crippen molar-refractivity contribution in [1.29, 1.82) is 0 Å². The van der Waals surface area contributed by atoms with Gasteiger partial charge in [-0.15, -0.1) is 0 Å². The lowest BCUT2D eigenvalue weighted by Gasteiger charge is -2.32. The summed E-state index contributed by atoms with van der Waals surface area (Å²) in [7, 11) is -0.280. The first-order valence-electron chi connectivity index (χ1n) is 6.93. The lowest BCUT2D eigenvalue weighted by atomic mass is 9.79. The number of anilines is 1. The van der Waals surface area contributed by atoms with Gasteiger partial charge >= 0.3 is 7.12 Å². The molecule has 1 saturated heterocycles. The second-order valence-electron chi connectivity index (χ2n) is 6.51. The first kappa shape index (κ1) is 14.4. The van der Waals surface area contributed by atoms with Crippen molar-refractivity contribution < 1.29 is 9.31 Å². The minimum absolute atomic E-state index is 0.280. The largest absolute Gasteiger partial charge is 0.494 e. The molecule has 0 radical (unpaired) electrons. The Bertz CT molecular complexity index is 424. The van der Waals surface area contributed by atoms with Crippen LogP contribution in [0.5, 0.6) is 0 Å². The van der Waals surface area contributed by atoms with E-state index in [9.17, 15) is 0 Å². The zero-order valence-electron chi connectivity index (χ0n) is 12.8. The Morgan fingerprint density at radius 3 is 1.84 bits per heavy atom. The molecular weight excluding hydrogens is 237 g/mol. The van der Waals surface area contributed by atoms with Crippen LogP contribution in [0.3, 0.4) is 0 Å². The number of rotatable bonds is 3. The van der Waals surface area contributed by atoms with Crippen LogP contribution in [-0.2, 0) is 9.31 Å².